The third kappa shape index (κ3) is 2.86. The average molecular weight is 242 g/mol. The lowest BCUT2D eigenvalue weighted by Crippen LogP contribution is -2.32. The molecule has 1 aromatic rings. The van der Waals surface area contributed by atoms with Crippen molar-refractivity contribution in [3.8, 4) is 0 Å². The molecule has 2 N–H and O–H groups in total. The van der Waals surface area contributed by atoms with Crippen LogP contribution >= 0.6 is 11.6 Å². The number of hydrogen-bond acceptors (Lipinski definition) is 3. The van der Waals surface area contributed by atoms with Gasteiger partial charge in [0.25, 0.3) is 0 Å². The summed E-state index contributed by atoms with van der Waals surface area (Å²) in [5.41, 5.74) is 6.59. The van der Waals surface area contributed by atoms with Crippen molar-refractivity contribution in [2.24, 2.45) is 5.73 Å². The Hall–Kier alpha value is -0.800. The van der Waals surface area contributed by atoms with Gasteiger partial charge in [-0.15, -0.1) is 0 Å². The van der Waals surface area contributed by atoms with Crippen LogP contribution < -0.4 is 10.6 Å². The van der Waals surface area contributed by atoms with Gasteiger partial charge in [0, 0.05) is 25.3 Å². The maximum absolute atomic E-state index is 6.30. The van der Waals surface area contributed by atoms with Crippen LogP contribution in [-0.2, 0) is 6.54 Å². The fraction of sp³-hybridized carbons (Fsp3) is 0.583. The summed E-state index contributed by atoms with van der Waals surface area (Å²) < 4.78 is 0. The fourth-order valence-electron chi connectivity index (χ4n) is 1.68. The molecule has 0 radical (unpaired) electrons. The molecule has 3 nitrogen and oxygen atoms in total. The first kappa shape index (κ1) is 13.3. The van der Waals surface area contributed by atoms with Crippen LogP contribution in [0.4, 0.5) is 5.82 Å². The van der Waals surface area contributed by atoms with Crippen molar-refractivity contribution < 1.29 is 0 Å². The zero-order valence-electron chi connectivity index (χ0n) is 10.2. The summed E-state index contributed by atoms with van der Waals surface area (Å²) in [6.45, 7) is 7.84. The van der Waals surface area contributed by atoms with Gasteiger partial charge in [-0.05, 0) is 31.9 Å². The predicted molar refractivity (Wildman–Crippen MR) is 69.9 cm³/mol. The van der Waals surface area contributed by atoms with Gasteiger partial charge < -0.3 is 10.6 Å². The Balaban J connectivity index is 3.08. The normalized spacial score (nSPS) is 10.9. The van der Waals surface area contributed by atoms with Crippen molar-refractivity contribution >= 4 is 17.4 Å². The highest BCUT2D eigenvalue weighted by Crippen LogP contribution is 2.28. The molecule has 16 heavy (non-hydrogen) atoms. The highest BCUT2D eigenvalue weighted by atomic mass is 35.5. The zero-order chi connectivity index (χ0) is 12.1. The van der Waals surface area contributed by atoms with Gasteiger partial charge in [-0.2, -0.15) is 0 Å². The maximum atomic E-state index is 6.30. The van der Waals surface area contributed by atoms with E-state index in [0.29, 0.717) is 17.6 Å². The molecule has 0 amide bonds. The molecule has 0 aliphatic rings. The van der Waals surface area contributed by atoms with E-state index in [-0.39, 0.29) is 0 Å². The van der Waals surface area contributed by atoms with Gasteiger partial charge >= 0.3 is 0 Å². The Bertz CT molecular complexity index is 339. The summed E-state index contributed by atoms with van der Waals surface area (Å²) >= 11 is 6.30. The number of anilines is 1. The van der Waals surface area contributed by atoms with Crippen LogP contribution in [0.3, 0.4) is 0 Å². The van der Waals surface area contributed by atoms with E-state index >= 15 is 0 Å². The van der Waals surface area contributed by atoms with Crippen molar-refractivity contribution in [1.29, 1.82) is 0 Å². The smallest absolute Gasteiger partial charge is 0.147 e. The van der Waals surface area contributed by atoms with Crippen LogP contribution in [-0.4, -0.2) is 17.6 Å². The van der Waals surface area contributed by atoms with E-state index in [4.69, 9.17) is 17.3 Å². The number of pyridine rings is 1. The quantitative estimate of drug-likeness (QED) is 0.862. The van der Waals surface area contributed by atoms with Gasteiger partial charge in [-0.1, -0.05) is 18.5 Å². The molecule has 0 aliphatic carbocycles. The first-order chi connectivity index (χ1) is 7.61. The second kappa shape index (κ2) is 6.06. The van der Waals surface area contributed by atoms with Crippen LogP contribution in [0.25, 0.3) is 0 Å². The van der Waals surface area contributed by atoms with Crippen molar-refractivity contribution in [3.63, 3.8) is 0 Å². The van der Waals surface area contributed by atoms with E-state index in [1.165, 1.54) is 0 Å². The Morgan fingerprint density at radius 3 is 2.69 bits per heavy atom. The highest BCUT2D eigenvalue weighted by molar-refractivity contribution is 6.33. The second-order valence-electron chi connectivity index (χ2n) is 4.10. The summed E-state index contributed by atoms with van der Waals surface area (Å²) in [6.07, 6.45) is 2.84. The summed E-state index contributed by atoms with van der Waals surface area (Å²) in [5, 5.41) is 0.687. The molecule has 0 unspecified atom stereocenters. The van der Waals surface area contributed by atoms with Gasteiger partial charge in [-0.25, -0.2) is 4.98 Å². The fourth-order valence-corrected chi connectivity index (χ4v) is 1.98. The molecule has 90 valence electrons. The Kier molecular flexibility index (Phi) is 5.03. The summed E-state index contributed by atoms with van der Waals surface area (Å²) in [7, 11) is 0. The molecule has 0 aromatic carbocycles. The number of rotatable bonds is 5. The van der Waals surface area contributed by atoms with E-state index < -0.39 is 0 Å². The lowest BCUT2D eigenvalue weighted by atomic mass is 10.2. The molecule has 0 fully saturated rings. The van der Waals surface area contributed by atoms with Gasteiger partial charge in [0.1, 0.15) is 5.82 Å². The minimum atomic E-state index is 0.387. The van der Waals surface area contributed by atoms with Crippen molar-refractivity contribution in [2.75, 3.05) is 11.4 Å². The lowest BCUT2D eigenvalue weighted by Gasteiger charge is -2.28. The molecule has 4 heteroatoms. The van der Waals surface area contributed by atoms with Crippen LogP contribution in [0.1, 0.15) is 32.8 Å². The van der Waals surface area contributed by atoms with Gasteiger partial charge in [0.2, 0.25) is 0 Å². The van der Waals surface area contributed by atoms with Crippen LogP contribution in [0.2, 0.25) is 5.02 Å². The van der Waals surface area contributed by atoms with Crippen molar-refractivity contribution in [3.05, 3.63) is 22.8 Å². The van der Waals surface area contributed by atoms with Gasteiger partial charge in [-0.3, -0.25) is 0 Å². The maximum Gasteiger partial charge on any atom is 0.147 e. The Morgan fingerprint density at radius 2 is 2.19 bits per heavy atom. The standard InChI is InChI=1S/C12H20ClN3/c1-4-7-16(9(2)3)12-11(13)10(8-14)5-6-15-12/h5-6,9H,4,7-8,14H2,1-3H3. The lowest BCUT2D eigenvalue weighted by molar-refractivity contribution is 0.661. The number of nitrogens with zero attached hydrogens (tertiary/aromatic N) is 2. The molecule has 1 rings (SSSR count). The molecule has 0 atom stereocenters. The summed E-state index contributed by atoms with van der Waals surface area (Å²) in [4.78, 5) is 6.58. The van der Waals surface area contributed by atoms with Gasteiger partial charge in [0.05, 0.1) is 5.02 Å². The third-order valence-corrected chi connectivity index (χ3v) is 2.94. The van der Waals surface area contributed by atoms with Crippen molar-refractivity contribution in [2.45, 2.75) is 39.8 Å². The highest BCUT2D eigenvalue weighted by Gasteiger charge is 2.16. The first-order valence-electron chi connectivity index (χ1n) is 5.71. The molecular formula is C12H20ClN3. The summed E-state index contributed by atoms with van der Waals surface area (Å²) in [6, 6.07) is 2.26. The predicted octanol–water partition coefficient (Wildman–Crippen LogP) is 2.82. The molecule has 0 bridgehead atoms. The molecule has 0 saturated carbocycles. The van der Waals surface area contributed by atoms with Crippen molar-refractivity contribution in [1.82, 2.24) is 4.98 Å². The van der Waals surface area contributed by atoms with Crippen LogP contribution in [0.5, 0.6) is 0 Å². The average Bonchev–Trinajstić information content (AvgIpc) is 2.26. The Morgan fingerprint density at radius 1 is 1.50 bits per heavy atom. The van der Waals surface area contributed by atoms with E-state index in [9.17, 15) is 0 Å². The molecule has 1 heterocycles. The molecule has 0 aliphatic heterocycles. The zero-order valence-corrected chi connectivity index (χ0v) is 11.0. The monoisotopic (exact) mass is 241 g/mol. The van der Waals surface area contributed by atoms with Crippen LogP contribution in [0.15, 0.2) is 12.3 Å². The number of hydrogen-bond donors (Lipinski definition) is 1. The topological polar surface area (TPSA) is 42.2 Å². The Labute approximate surface area is 103 Å². The van der Waals surface area contributed by atoms with Crippen LogP contribution in [0, 0.1) is 0 Å². The minimum absolute atomic E-state index is 0.387. The molecule has 0 spiro atoms. The molecule has 1 aromatic heterocycles. The van der Waals surface area contributed by atoms with Gasteiger partial charge in [0.15, 0.2) is 0 Å². The number of halogens is 1. The van der Waals surface area contributed by atoms with E-state index in [2.05, 4.69) is 30.7 Å². The molecule has 0 saturated heterocycles. The number of aromatic nitrogens is 1. The van der Waals surface area contributed by atoms with E-state index in [1.807, 2.05) is 6.07 Å². The number of nitrogens with two attached hydrogens (primary N) is 1. The second-order valence-corrected chi connectivity index (χ2v) is 4.48. The van der Waals surface area contributed by atoms with E-state index in [0.717, 1.165) is 24.3 Å². The van der Waals surface area contributed by atoms with E-state index in [1.54, 1.807) is 6.20 Å². The SMILES string of the molecule is CCCN(c1nccc(CN)c1Cl)C(C)C. The first-order valence-corrected chi connectivity index (χ1v) is 6.09. The third-order valence-electron chi connectivity index (χ3n) is 2.53. The molecular weight excluding hydrogens is 222 g/mol. The minimum Gasteiger partial charge on any atom is -0.353 e. The summed E-state index contributed by atoms with van der Waals surface area (Å²) in [5.74, 6) is 0.849. The largest absolute Gasteiger partial charge is 0.353 e.